The van der Waals surface area contributed by atoms with Crippen LogP contribution >= 0.6 is 24.8 Å². The molecule has 2 aromatic rings. The number of nitrogens with one attached hydrogen (secondary N) is 1. The molecule has 29 heavy (non-hydrogen) atoms. The Morgan fingerprint density at radius 2 is 1.69 bits per heavy atom. The van der Waals surface area contributed by atoms with E-state index in [0.29, 0.717) is 0 Å². The summed E-state index contributed by atoms with van der Waals surface area (Å²) in [5, 5.41) is 17.9. The molecule has 0 spiro atoms. The van der Waals surface area contributed by atoms with Gasteiger partial charge in [-0.15, -0.1) is 24.8 Å². The van der Waals surface area contributed by atoms with Gasteiger partial charge in [-0.05, 0) is 47.9 Å². The van der Waals surface area contributed by atoms with Crippen LogP contribution in [0.1, 0.15) is 50.5 Å². The van der Waals surface area contributed by atoms with Gasteiger partial charge in [0.2, 0.25) is 0 Å². The van der Waals surface area contributed by atoms with Gasteiger partial charge in [0.05, 0.1) is 5.60 Å². The Morgan fingerprint density at radius 1 is 1.03 bits per heavy atom. The molecule has 0 aromatic heterocycles. The Hall–Kier alpha value is -0.840. The average Bonchev–Trinajstić information content (AvgIpc) is 2.73. The van der Waals surface area contributed by atoms with Crippen molar-refractivity contribution in [1.29, 1.82) is 0 Å². The smallest absolute Gasteiger partial charge is 0.0728 e. The van der Waals surface area contributed by atoms with Gasteiger partial charge in [-0.2, -0.15) is 0 Å². The first-order valence-electron chi connectivity index (χ1n) is 10.8. The molecule has 1 aliphatic heterocycles. The molecule has 1 unspecified atom stereocenters. The molecule has 2 aromatic carbocycles. The van der Waals surface area contributed by atoms with Crippen LogP contribution in [0.3, 0.4) is 0 Å². The maximum absolute atomic E-state index is 11.8. The van der Waals surface area contributed by atoms with Gasteiger partial charge in [0, 0.05) is 38.6 Å². The van der Waals surface area contributed by atoms with Crippen LogP contribution in [0.5, 0.6) is 0 Å². The highest BCUT2D eigenvalue weighted by Crippen LogP contribution is 2.44. The lowest BCUT2D eigenvalue weighted by Crippen LogP contribution is -2.50. The monoisotopic (exact) mass is 438 g/mol. The van der Waals surface area contributed by atoms with E-state index in [-0.39, 0.29) is 30.7 Å². The molecule has 1 atom stereocenters. The van der Waals surface area contributed by atoms with E-state index >= 15 is 0 Å². The predicted octanol–water partition coefficient (Wildman–Crippen LogP) is 5.00. The summed E-state index contributed by atoms with van der Waals surface area (Å²) in [6.45, 7) is 7.52. The number of nitrogens with zero attached hydrogens (tertiary/aromatic N) is 1. The third-order valence-electron chi connectivity index (χ3n) is 7.05. The number of halogens is 2. The zero-order chi connectivity index (χ0) is 18.7. The average molecular weight is 439 g/mol. The molecular formula is C24H36Cl2N2O. The second-order valence-electron chi connectivity index (χ2n) is 8.63. The fourth-order valence-corrected chi connectivity index (χ4v) is 5.20. The number of benzene rings is 2. The number of fused-ring (bicyclic) bond motifs is 1. The normalized spacial score (nSPS) is 26.3. The minimum absolute atomic E-state index is 0. The standard InChI is InChI=1S/C24H34N2O.2ClH/c1-2-19-10-12-24(27,13-11-19)23(18-26-16-14-25-15-17-26)22-9-5-7-20-6-3-4-8-21(20)22;;/h3-9,19,23,25,27H,2,10-18H2,1H3;2*1H. The van der Waals surface area contributed by atoms with E-state index in [1.165, 1.54) is 22.8 Å². The summed E-state index contributed by atoms with van der Waals surface area (Å²) < 4.78 is 0. The molecule has 0 bridgehead atoms. The van der Waals surface area contributed by atoms with E-state index in [9.17, 15) is 5.11 Å². The van der Waals surface area contributed by atoms with E-state index < -0.39 is 5.60 Å². The second kappa shape index (κ2) is 11.0. The molecule has 2 N–H and O–H groups in total. The van der Waals surface area contributed by atoms with Crippen LogP contribution in [0.15, 0.2) is 42.5 Å². The number of hydrogen-bond donors (Lipinski definition) is 2. The maximum atomic E-state index is 11.8. The highest BCUT2D eigenvalue weighted by atomic mass is 35.5. The minimum atomic E-state index is -0.583. The molecule has 1 saturated heterocycles. The van der Waals surface area contributed by atoms with Crippen molar-refractivity contribution in [3.05, 3.63) is 48.0 Å². The highest BCUT2D eigenvalue weighted by Gasteiger charge is 2.42. The number of piperazine rings is 1. The minimum Gasteiger partial charge on any atom is -0.389 e. The topological polar surface area (TPSA) is 35.5 Å². The van der Waals surface area contributed by atoms with Gasteiger partial charge in [0.15, 0.2) is 0 Å². The molecule has 2 aliphatic rings. The van der Waals surface area contributed by atoms with Crippen molar-refractivity contribution in [1.82, 2.24) is 10.2 Å². The summed E-state index contributed by atoms with van der Waals surface area (Å²) in [6, 6.07) is 15.3. The molecule has 2 fully saturated rings. The first kappa shape index (κ1) is 24.4. The SMILES string of the molecule is CCC1CCC(O)(C(CN2CCNCC2)c2cccc3ccccc23)CC1.Cl.Cl. The molecule has 1 saturated carbocycles. The van der Waals surface area contributed by atoms with Crippen molar-refractivity contribution < 1.29 is 5.11 Å². The molecule has 1 aliphatic carbocycles. The van der Waals surface area contributed by atoms with E-state index in [2.05, 4.69) is 59.6 Å². The van der Waals surface area contributed by atoms with Gasteiger partial charge < -0.3 is 15.3 Å². The second-order valence-corrected chi connectivity index (χ2v) is 8.63. The molecule has 162 valence electrons. The summed E-state index contributed by atoms with van der Waals surface area (Å²) in [6.07, 6.45) is 5.44. The zero-order valence-electron chi connectivity index (χ0n) is 17.5. The van der Waals surface area contributed by atoms with E-state index in [4.69, 9.17) is 0 Å². The van der Waals surface area contributed by atoms with Crippen LogP contribution < -0.4 is 5.32 Å². The van der Waals surface area contributed by atoms with Gasteiger partial charge in [-0.3, -0.25) is 0 Å². The van der Waals surface area contributed by atoms with Gasteiger partial charge in [0.25, 0.3) is 0 Å². The lowest BCUT2D eigenvalue weighted by atomic mass is 9.68. The molecule has 5 heteroatoms. The molecule has 3 nitrogen and oxygen atoms in total. The summed E-state index contributed by atoms with van der Waals surface area (Å²) in [5.74, 6) is 0.970. The van der Waals surface area contributed by atoms with Crippen LogP contribution in [0.4, 0.5) is 0 Å². The Morgan fingerprint density at radius 3 is 2.38 bits per heavy atom. The Bertz CT molecular complexity index is 750. The van der Waals surface area contributed by atoms with Crippen molar-refractivity contribution in [3.8, 4) is 0 Å². The van der Waals surface area contributed by atoms with Crippen molar-refractivity contribution in [2.75, 3.05) is 32.7 Å². The first-order chi connectivity index (χ1) is 13.2. The molecule has 4 rings (SSSR count). The van der Waals surface area contributed by atoms with Crippen LogP contribution in [0, 0.1) is 5.92 Å². The highest BCUT2D eigenvalue weighted by molar-refractivity contribution is 5.86. The van der Waals surface area contributed by atoms with Gasteiger partial charge in [-0.25, -0.2) is 0 Å². The molecular weight excluding hydrogens is 403 g/mol. The summed E-state index contributed by atoms with van der Waals surface area (Å²) in [4.78, 5) is 2.55. The van der Waals surface area contributed by atoms with Crippen molar-refractivity contribution in [2.45, 2.75) is 50.5 Å². The number of hydrogen-bond acceptors (Lipinski definition) is 3. The van der Waals surface area contributed by atoms with Crippen molar-refractivity contribution >= 4 is 35.6 Å². The van der Waals surface area contributed by atoms with Crippen LogP contribution in [0.2, 0.25) is 0 Å². The first-order valence-corrected chi connectivity index (χ1v) is 10.8. The van der Waals surface area contributed by atoms with Gasteiger partial charge in [0.1, 0.15) is 0 Å². The predicted molar refractivity (Wildman–Crippen MR) is 128 cm³/mol. The lowest BCUT2D eigenvalue weighted by Gasteiger charge is -2.44. The molecule has 1 heterocycles. The molecule has 0 radical (unpaired) electrons. The molecule has 0 amide bonds. The van der Waals surface area contributed by atoms with E-state index in [1.807, 2.05) is 0 Å². The fraction of sp³-hybridized carbons (Fsp3) is 0.583. The number of aliphatic hydroxyl groups is 1. The summed E-state index contributed by atoms with van der Waals surface area (Å²) >= 11 is 0. The van der Waals surface area contributed by atoms with Crippen molar-refractivity contribution in [3.63, 3.8) is 0 Å². The Labute approximate surface area is 188 Å². The van der Waals surface area contributed by atoms with Crippen LogP contribution in [-0.4, -0.2) is 48.3 Å². The van der Waals surface area contributed by atoms with E-state index in [0.717, 1.165) is 64.3 Å². The third-order valence-corrected chi connectivity index (χ3v) is 7.05. The van der Waals surface area contributed by atoms with Gasteiger partial charge in [-0.1, -0.05) is 55.8 Å². The lowest BCUT2D eigenvalue weighted by molar-refractivity contribution is -0.0422. The largest absolute Gasteiger partial charge is 0.389 e. The Kier molecular flexibility index (Phi) is 9.24. The van der Waals surface area contributed by atoms with Gasteiger partial charge >= 0.3 is 0 Å². The fourth-order valence-electron chi connectivity index (χ4n) is 5.20. The summed E-state index contributed by atoms with van der Waals surface area (Å²) in [5.41, 5.74) is 0.754. The Balaban J connectivity index is 0.00000150. The summed E-state index contributed by atoms with van der Waals surface area (Å²) in [7, 11) is 0. The van der Waals surface area contributed by atoms with Crippen molar-refractivity contribution in [2.24, 2.45) is 5.92 Å². The number of rotatable bonds is 5. The quantitative estimate of drug-likeness (QED) is 0.688. The third kappa shape index (κ3) is 5.45. The van der Waals surface area contributed by atoms with Crippen LogP contribution in [-0.2, 0) is 0 Å². The zero-order valence-corrected chi connectivity index (χ0v) is 19.1. The van der Waals surface area contributed by atoms with Crippen LogP contribution in [0.25, 0.3) is 10.8 Å². The maximum Gasteiger partial charge on any atom is 0.0728 e. The van der Waals surface area contributed by atoms with E-state index in [1.54, 1.807) is 0 Å².